The number of fused-ring (bicyclic) bond motifs is 1. The van der Waals surface area contributed by atoms with Crippen LogP contribution in [0.5, 0.6) is 0 Å². The predicted octanol–water partition coefficient (Wildman–Crippen LogP) is 1.31. The Morgan fingerprint density at radius 2 is 2.24 bits per heavy atom. The molecule has 2 aromatic rings. The molecular weight excluding hydrogens is 247 g/mol. The molecule has 0 aliphatic heterocycles. The van der Waals surface area contributed by atoms with Crippen molar-refractivity contribution in [1.82, 2.24) is 19.4 Å². The summed E-state index contributed by atoms with van der Waals surface area (Å²) in [4.78, 5) is 20.6. The summed E-state index contributed by atoms with van der Waals surface area (Å²) >= 11 is 5.79. The largest absolute Gasteiger partial charge is 0.347 e. The van der Waals surface area contributed by atoms with Gasteiger partial charge in [-0.3, -0.25) is 4.79 Å². The highest BCUT2D eigenvalue weighted by atomic mass is 35.5. The highest BCUT2D eigenvalue weighted by Crippen LogP contribution is 2.22. The molecule has 17 heavy (non-hydrogen) atoms. The Morgan fingerprint density at radius 3 is 2.88 bits per heavy atom. The maximum absolute atomic E-state index is 13.6. The number of rotatable bonds is 2. The molecule has 1 amide bonds. The summed E-state index contributed by atoms with van der Waals surface area (Å²) in [5.74, 6) is -0.704. The molecule has 0 saturated heterocycles. The highest BCUT2D eigenvalue weighted by Gasteiger charge is 2.15. The van der Waals surface area contributed by atoms with Crippen LogP contribution in [0.25, 0.3) is 11.0 Å². The number of carbonyl (C=O) groups is 1. The van der Waals surface area contributed by atoms with Crippen molar-refractivity contribution >= 4 is 28.5 Å². The van der Waals surface area contributed by atoms with E-state index >= 15 is 0 Å². The Bertz CT molecular complexity index is 581. The van der Waals surface area contributed by atoms with Crippen LogP contribution in [0.1, 0.15) is 0 Å². The summed E-state index contributed by atoms with van der Waals surface area (Å²) in [6.45, 7) is 0.0146. The zero-order valence-corrected chi connectivity index (χ0v) is 10.1. The molecular formula is C10H10ClFN4O. The van der Waals surface area contributed by atoms with Crippen LogP contribution in [0.2, 0.25) is 5.15 Å². The quantitative estimate of drug-likeness (QED) is 0.762. The van der Waals surface area contributed by atoms with Gasteiger partial charge in [-0.15, -0.1) is 0 Å². The van der Waals surface area contributed by atoms with Gasteiger partial charge < -0.3 is 9.47 Å². The summed E-state index contributed by atoms with van der Waals surface area (Å²) in [6, 6.07) is 0. The van der Waals surface area contributed by atoms with Crippen molar-refractivity contribution in [2.75, 3.05) is 14.1 Å². The molecule has 0 aliphatic rings. The molecule has 2 aromatic heterocycles. The first kappa shape index (κ1) is 11.8. The van der Waals surface area contributed by atoms with Gasteiger partial charge in [0, 0.05) is 14.1 Å². The fourth-order valence-electron chi connectivity index (χ4n) is 1.43. The Morgan fingerprint density at radius 1 is 1.53 bits per heavy atom. The van der Waals surface area contributed by atoms with Crippen molar-refractivity contribution in [3.63, 3.8) is 0 Å². The van der Waals surface area contributed by atoms with Gasteiger partial charge in [-0.25, -0.2) is 14.4 Å². The van der Waals surface area contributed by atoms with E-state index in [4.69, 9.17) is 11.6 Å². The summed E-state index contributed by atoms with van der Waals surface area (Å²) in [6.07, 6.45) is 2.39. The molecule has 90 valence electrons. The second-order valence-corrected chi connectivity index (χ2v) is 4.11. The van der Waals surface area contributed by atoms with Crippen LogP contribution in [0.3, 0.4) is 0 Å². The second-order valence-electron chi connectivity index (χ2n) is 3.75. The van der Waals surface area contributed by atoms with Crippen molar-refractivity contribution < 1.29 is 9.18 Å². The molecule has 0 aliphatic carbocycles. The smallest absolute Gasteiger partial charge is 0.242 e. The minimum atomic E-state index is -0.548. The number of aromatic nitrogens is 3. The van der Waals surface area contributed by atoms with E-state index in [0.717, 1.165) is 6.20 Å². The fourth-order valence-corrected chi connectivity index (χ4v) is 1.61. The zero-order chi connectivity index (χ0) is 12.6. The number of pyridine rings is 1. The Kier molecular flexibility index (Phi) is 2.97. The topological polar surface area (TPSA) is 51.0 Å². The number of imidazole rings is 1. The van der Waals surface area contributed by atoms with Gasteiger partial charge in [0.15, 0.2) is 11.0 Å². The van der Waals surface area contributed by atoms with Crippen LogP contribution >= 0.6 is 11.6 Å². The van der Waals surface area contributed by atoms with Crippen molar-refractivity contribution in [2.24, 2.45) is 0 Å². The predicted molar refractivity (Wildman–Crippen MR) is 61.2 cm³/mol. The normalized spacial score (nSPS) is 10.8. The molecule has 0 bridgehead atoms. The third-order valence-electron chi connectivity index (χ3n) is 2.36. The average molecular weight is 257 g/mol. The van der Waals surface area contributed by atoms with Gasteiger partial charge in [0.05, 0.1) is 12.5 Å². The highest BCUT2D eigenvalue weighted by molar-refractivity contribution is 6.33. The average Bonchev–Trinajstić information content (AvgIpc) is 2.68. The number of nitrogens with zero attached hydrogens (tertiary/aromatic N) is 4. The lowest BCUT2D eigenvalue weighted by Gasteiger charge is -2.11. The summed E-state index contributed by atoms with van der Waals surface area (Å²) in [5.41, 5.74) is 0.457. The van der Waals surface area contributed by atoms with Crippen molar-refractivity contribution in [3.8, 4) is 0 Å². The van der Waals surface area contributed by atoms with Crippen LogP contribution in [0, 0.1) is 5.82 Å². The Hall–Kier alpha value is -1.69. The third kappa shape index (κ3) is 2.08. The molecule has 0 radical (unpaired) electrons. The molecule has 5 nitrogen and oxygen atoms in total. The number of halogens is 2. The van der Waals surface area contributed by atoms with Crippen LogP contribution in [-0.4, -0.2) is 39.4 Å². The van der Waals surface area contributed by atoms with E-state index in [9.17, 15) is 9.18 Å². The SMILES string of the molecule is CN(C)C(=O)Cn1cnc2c(Cl)ncc(F)c21. The molecule has 0 aromatic carbocycles. The monoisotopic (exact) mass is 256 g/mol. The lowest BCUT2D eigenvalue weighted by atomic mass is 10.4. The van der Waals surface area contributed by atoms with Crippen molar-refractivity contribution in [1.29, 1.82) is 0 Å². The molecule has 0 N–H and O–H groups in total. The molecule has 0 saturated carbocycles. The maximum Gasteiger partial charge on any atom is 0.242 e. The van der Waals surface area contributed by atoms with Gasteiger partial charge in [-0.1, -0.05) is 11.6 Å². The molecule has 2 heterocycles. The van der Waals surface area contributed by atoms with Gasteiger partial charge in [-0.05, 0) is 0 Å². The van der Waals surface area contributed by atoms with E-state index in [0.29, 0.717) is 0 Å². The van der Waals surface area contributed by atoms with Crippen LogP contribution in [-0.2, 0) is 11.3 Å². The summed E-state index contributed by atoms with van der Waals surface area (Å²) in [7, 11) is 3.26. The molecule has 2 rings (SSSR count). The number of carbonyl (C=O) groups excluding carboxylic acids is 1. The Balaban J connectivity index is 2.49. The van der Waals surface area contributed by atoms with Gasteiger partial charge in [-0.2, -0.15) is 0 Å². The first-order chi connectivity index (χ1) is 8.00. The van der Waals surface area contributed by atoms with Gasteiger partial charge in [0.1, 0.15) is 17.6 Å². The van der Waals surface area contributed by atoms with E-state index in [-0.39, 0.29) is 28.6 Å². The molecule has 7 heteroatoms. The third-order valence-corrected chi connectivity index (χ3v) is 2.63. The van der Waals surface area contributed by atoms with Crippen LogP contribution in [0.4, 0.5) is 4.39 Å². The molecule has 0 spiro atoms. The lowest BCUT2D eigenvalue weighted by Crippen LogP contribution is -2.26. The minimum Gasteiger partial charge on any atom is -0.347 e. The second kappa shape index (κ2) is 4.29. The van der Waals surface area contributed by atoms with E-state index in [1.807, 2.05) is 0 Å². The van der Waals surface area contributed by atoms with E-state index in [2.05, 4.69) is 9.97 Å². The minimum absolute atomic E-state index is 0.0146. The van der Waals surface area contributed by atoms with E-state index in [1.165, 1.54) is 15.8 Å². The van der Waals surface area contributed by atoms with Gasteiger partial charge in [0.2, 0.25) is 5.91 Å². The van der Waals surface area contributed by atoms with Gasteiger partial charge >= 0.3 is 0 Å². The lowest BCUT2D eigenvalue weighted by molar-refractivity contribution is -0.129. The summed E-state index contributed by atoms with van der Waals surface area (Å²) in [5, 5.41) is 0.123. The molecule has 0 fully saturated rings. The Labute approximate surface area is 102 Å². The first-order valence-corrected chi connectivity index (χ1v) is 5.23. The fraction of sp³-hybridized carbons (Fsp3) is 0.300. The molecule has 0 atom stereocenters. The number of hydrogen-bond donors (Lipinski definition) is 0. The first-order valence-electron chi connectivity index (χ1n) is 4.85. The summed E-state index contributed by atoms with van der Waals surface area (Å²) < 4.78 is 15.0. The molecule has 0 unspecified atom stereocenters. The number of likely N-dealkylation sites (N-methyl/N-ethyl adjacent to an activating group) is 1. The van der Waals surface area contributed by atoms with Crippen LogP contribution in [0.15, 0.2) is 12.5 Å². The van der Waals surface area contributed by atoms with Crippen molar-refractivity contribution in [3.05, 3.63) is 23.5 Å². The maximum atomic E-state index is 13.6. The van der Waals surface area contributed by atoms with E-state index in [1.54, 1.807) is 14.1 Å². The number of amides is 1. The van der Waals surface area contributed by atoms with Crippen LogP contribution < -0.4 is 0 Å². The van der Waals surface area contributed by atoms with E-state index < -0.39 is 5.82 Å². The standard InChI is InChI=1S/C10H10ClFN4O/c1-15(2)7(17)4-16-5-14-8-9(16)6(12)3-13-10(8)11/h3,5H,4H2,1-2H3. The van der Waals surface area contributed by atoms with Gasteiger partial charge in [0.25, 0.3) is 0 Å². The van der Waals surface area contributed by atoms with Crippen molar-refractivity contribution in [2.45, 2.75) is 6.54 Å². The number of hydrogen-bond acceptors (Lipinski definition) is 3. The zero-order valence-electron chi connectivity index (χ0n) is 9.31.